The minimum atomic E-state index is -3.58. The number of nitrogens with zero attached hydrogens (tertiary/aromatic N) is 2. The summed E-state index contributed by atoms with van der Waals surface area (Å²) in [6.07, 6.45) is 0. The van der Waals surface area contributed by atoms with Gasteiger partial charge in [-0.1, -0.05) is 35.1 Å². The van der Waals surface area contributed by atoms with Crippen molar-refractivity contribution < 1.29 is 8.42 Å². The van der Waals surface area contributed by atoms with E-state index in [2.05, 4.69) is 9.71 Å². The number of halogens is 1. The molecule has 0 bridgehead atoms. The molecule has 1 aromatic heterocycles. The molecule has 114 valence electrons. The molecule has 5 nitrogen and oxygen atoms in total. The van der Waals surface area contributed by atoms with Gasteiger partial charge in [0.1, 0.15) is 0 Å². The molecule has 1 N–H and O–H groups in total. The highest BCUT2D eigenvalue weighted by Gasteiger charge is 2.21. The van der Waals surface area contributed by atoms with Crippen LogP contribution < -0.4 is 9.62 Å². The zero-order chi connectivity index (χ0) is 15.6. The van der Waals surface area contributed by atoms with Gasteiger partial charge in [-0.05, 0) is 24.6 Å². The molecule has 0 radical (unpaired) electrons. The average Bonchev–Trinajstić information content (AvgIpc) is 2.77. The molecule has 0 aliphatic rings. The van der Waals surface area contributed by atoms with Crippen molar-refractivity contribution in [2.75, 3.05) is 19.0 Å². The van der Waals surface area contributed by atoms with Crippen LogP contribution in [-0.4, -0.2) is 27.5 Å². The number of hydrogen-bond donors (Lipinski definition) is 1. The minimum absolute atomic E-state index is 0.164. The first-order valence-electron chi connectivity index (χ1n) is 6.18. The van der Waals surface area contributed by atoms with Gasteiger partial charge >= 0.3 is 0 Å². The number of aryl methyl sites for hydroxylation is 1. The second-order valence-corrected chi connectivity index (χ2v) is 8.27. The zero-order valence-electron chi connectivity index (χ0n) is 11.9. The van der Waals surface area contributed by atoms with Crippen LogP contribution in [0.4, 0.5) is 5.69 Å². The smallest absolute Gasteiger partial charge is 0.252 e. The number of aromatic nitrogens is 1. The summed E-state index contributed by atoms with van der Waals surface area (Å²) >= 11 is 6.71. The second-order valence-electron chi connectivity index (χ2n) is 4.73. The third-order valence-electron chi connectivity index (χ3n) is 2.89. The molecular weight excluding hydrogens is 330 g/mol. The fraction of sp³-hybridized carbons (Fsp3) is 0.308. The van der Waals surface area contributed by atoms with Crippen molar-refractivity contribution >= 4 is 38.6 Å². The molecular formula is C13H16ClN3O2S2. The highest BCUT2D eigenvalue weighted by atomic mass is 35.5. The molecule has 2 aromatic rings. The Balaban J connectivity index is 2.10. The van der Waals surface area contributed by atoms with E-state index in [1.807, 2.05) is 43.3 Å². The molecule has 0 atom stereocenters. The molecule has 0 amide bonds. The summed E-state index contributed by atoms with van der Waals surface area (Å²) in [5.41, 5.74) is 2.37. The summed E-state index contributed by atoms with van der Waals surface area (Å²) in [4.78, 5) is 5.91. The highest BCUT2D eigenvalue weighted by molar-refractivity contribution is 7.91. The first-order valence-corrected chi connectivity index (χ1v) is 8.86. The Hall–Kier alpha value is -1.15. The van der Waals surface area contributed by atoms with Crippen molar-refractivity contribution in [1.82, 2.24) is 9.71 Å². The molecule has 2 rings (SSSR count). The van der Waals surface area contributed by atoms with Gasteiger partial charge in [0, 0.05) is 26.3 Å². The van der Waals surface area contributed by atoms with Gasteiger partial charge in [-0.3, -0.25) is 0 Å². The molecule has 0 spiro atoms. The largest absolute Gasteiger partial charge is 0.378 e. The van der Waals surface area contributed by atoms with Crippen molar-refractivity contribution in [2.45, 2.75) is 17.7 Å². The van der Waals surface area contributed by atoms with E-state index in [1.165, 1.54) is 0 Å². The van der Waals surface area contributed by atoms with E-state index in [4.69, 9.17) is 11.6 Å². The normalized spacial score (nSPS) is 11.6. The lowest BCUT2D eigenvalue weighted by Crippen LogP contribution is -2.23. The molecule has 0 fully saturated rings. The van der Waals surface area contributed by atoms with Crippen molar-refractivity contribution in [3.05, 3.63) is 40.0 Å². The lowest BCUT2D eigenvalue weighted by atomic mass is 10.2. The number of anilines is 1. The van der Waals surface area contributed by atoms with Crippen LogP contribution in [0.25, 0.3) is 0 Å². The van der Waals surface area contributed by atoms with Gasteiger partial charge in [-0.15, -0.1) is 0 Å². The van der Waals surface area contributed by atoms with Crippen molar-refractivity contribution in [3.63, 3.8) is 0 Å². The maximum absolute atomic E-state index is 12.2. The quantitative estimate of drug-likeness (QED) is 0.905. The summed E-state index contributed by atoms with van der Waals surface area (Å²) < 4.78 is 27.4. The number of nitrogens with one attached hydrogen (secondary N) is 1. The molecule has 8 heteroatoms. The van der Waals surface area contributed by atoms with Gasteiger partial charge in [0.2, 0.25) is 0 Å². The Kier molecular flexibility index (Phi) is 4.88. The van der Waals surface area contributed by atoms with Gasteiger partial charge in [0.05, 0.1) is 5.69 Å². The fourth-order valence-electron chi connectivity index (χ4n) is 1.76. The predicted molar refractivity (Wildman–Crippen MR) is 86.7 cm³/mol. The molecule has 0 aliphatic heterocycles. The molecule has 1 aromatic carbocycles. The van der Waals surface area contributed by atoms with Gasteiger partial charge in [0.25, 0.3) is 10.0 Å². The van der Waals surface area contributed by atoms with Gasteiger partial charge in [0.15, 0.2) is 8.68 Å². The highest BCUT2D eigenvalue weighted by Crippen LogP contribution is 2.26. The summed E-state index contributed by atoms with van der Waals surface area (Å²) in [5, 5.41) is 0. The van der Waals surface area contributed by atoms with Crippen LogP contribution in [0.15, 0.2) is 28.5 Å². The van der Waals surface area contributed by atoms with E-state index < -0.39 is 10.0 Å². The third-order valence-corrected chi connectivity index (χ3v) is 6.16. The third kappa shape index (κ3) is 3.94. The van der Waals surface area contributed by atoms with Crippen LogP contribution in [-0.2, 0) is 16.6 Å². The van der Waals surface area contributed by atoms with Crippen molar-refractivity contribution in [1.29, 1.82) is 0 Å². The van der Waals surface area contributed by atoms with Crippen LogP contribution in [0.2, 0.25) is 4.47 Å². The van der Waals surface area contributed by atoms with E-state index >= 15 is 0 Å². The van der Waals surface area contributed by atoms with Crippen molar-refractivity contribution in [3.8, 4) is 0 Å². The van der Waals surface area contributed by atoms with E-state index in [-0.39, 0.29) is 15.2 Å². The average molecular weight is 346 g/mol. The first-order chi connectivity index (χ1) is 9.79. The topological polar surface area (TPSA) is 62.3 Å². The zero-order valence-corrected chi connectivity index (χ0v) is 14.3. The summed E-state index contributed by atoms with van der Waals surface area (Å²) in [5.74, 6) is 0. The molecule has 21 heavy (non-hydrogen) atoms. The number of rotatable bonds is 5. The van der Waals surface area contributed by atoms with Crippen LogP contribution in [0.5, 0.6) is 0 Å². The van der Waals surface area contributed by atoms with Crippen LogP contribution in [0.3, 0.4) is 0 Å². The van der Waals surface area contributed by atoms with E-state index in [0.717, 1.165) is 22.6 Å². The lowest BCUT2D eigenvalue weighted by molar-refractivity contribution is 0.582. The Morgan fingerprint density at radius 3 is 2.38 bits per heavy atom. The first kappa shape index (κ1) is 16.2. The van der Waals surface area contributed by atoms with Crippen LogP contribution in [0, 0.1) is 6.92 Å². The number of benzene rings is 1. The van der Waals surface area contributed by atoms with Gasteiger partial charge < -0.3 is 4.90 Å². The number of hydrogen-bond acceptors (Lipinski definition) is 5. The van der Waals surface area contributed by atoms with Crippen LogP contribution in [0.1, 0.15) is 11.3 Å². The molecule has 0 aliphatic carbocycles. The standard InChI is InChI=1S/C13H16ClN3O2S2/c1-9-12(20-13(14)16-9)21(18,19)15-8-10-4-6-11(7-5-10)17(2)3/h4-7,15H,8H2,1-3H3. The summed E-state index contributed by atoms with van der Waals surface area (Å²) in [6, 6.07) is 7.67. The Morgan fingerprint density at radius 1 is 1.29 bits per heavy atom. The summed E-state index contributed by atoms with van der Waals surface area (Å²) in [7, 11) is 0.321. The monoisotopic (exact) mass is 345 g/mol. The van der Waals surface area contributed by atoms with E-state index in [0.29, 0.717) is 5.69 Å². The Labute approximate surface area is 133 Å². The molecule has 0 unspecified atom stereocenters. The van der Waals surface area contributed by atoms with Crippen LogP contribution >= 0.6 is 22.9 Å². The molecule has 1 heterocycles. The van der Waals surface area contributed by atoms with Gasteiger partial charge in [-0.2, -0.15) is 0 Å². The van der Waals surface area contributed by atoms with Crippen molar-refractivity contribution in [2.24, 2.45) is 0 Å². The Morgan fingerprint density at radius 2 is 1.90 bits per heavy atom. The van der Waals surface area contributed by atoms with E-state index in [1.54, 1.807) is 6.92 Å². The Bertz CT molecular complexity index is 724. The lowest BCUT2D eigenvalue weighted by Gasteiger charge is -2.12. The molecule has 0 saturated heterocycles. The number of thiazole rings is 1. The SMILES string of the molecule is Cc1nc(Cl)sc1S(=O)(=O)NCc1ccc(N(C)C)cc1. The summed E-state index contributed by atoms with van der Waals surface area (Å²) in [6.45, 7) is 1.85. The second kappa shape index (κ2) is 6.31. The predicted octanol–water partition coefficient (Wildman–Crippen LogP) is 2.65. The minimum Gasteiger partial charge on any atom is -0.378 e. The fourth-order valence-corrected chi connectivity index (χ4v) is 4.55. The molecule has 0 saturated carbocycles. The van der Waals surface area contributed by atoms with Gasteiger partial charge in [-0.25, -0.2) is 18.1 Å². The number of sulfonamides is 1. The maximum atomic E-state index is 12.2. The van der Waals surface area contributed by atoms with E-state index in [9.17, 15) is 8.42 Å². The maximum Gasteiger partial charge on any atom is 0.252 e.